The second-order valence-electron chi connectivity index (χ2n) is 5.68. The van der Waals surface area contributed by atoms with E-state index >= 15 is 0 Å². The van der Waals surface area contributed by atoms with Gasteiger partial charge in [-0.1, -0.05) is 29.8 Å². The summed E-state index contributed by atoms with van der Waals surface area (Å²) < 4.78 is 25.1. The van der Waals surface area contributed by atoms with Crippen LogP contribution in [0.15, 0.2) is 29.3 Å². The summed E-state index contributed by atoms with van der Waals surface area (Å²) in [6.07, 6.45) is 0.726. The fourth-order valence-corrected chi connectivity index (χ4v) is 4.09. The minimum atomic E-state index is -3.02. The number of benzene rings is 1. The van der Waals surface area contributed by atoms with E-state index in [1.807, 2.05) is 13.0 Å². The average molecular weight is 338 g/mol. The molecule has 1 aromatic carbocycles. The lowest BCUT2D eigenvalue weighted by Gasteiger charge is -2.16. The van der Waals surface area contributed by atoms with Gasteiger partial charge in [0.15, 0.2) is 5.96 Å². The second-order valence-corrected chi connectivity index (χ2v) is 7.77. The second kappa shape index (κ2) is 8.31. The summed E-state index contributed by atoms with van der Waals surface area (Å²) in [6.45, 7) is 7.10. The fourth-order valence-electron chi connectivity index (χ4n) is 2.56. The molecule has 7 heteroatoms. The molecule has 0 aliphatic carbocycles. The Kier molecular flexibility index (Phi) is 6.41. The van der Waals surface area contributed by atoms with Crippen LogP contribution in [0, 0.1) is 6.92 Å². The number of rotatable bonds is 6. The third-order valence-corrected chi connectivity index (χ3v) is 5.66. The molecule has 0 spiro atoms. The van der Waals surface area contributed by atoms with E-state index < -0.39 is 10.0 Å². The molecule has 0 aromatic heterocycles. The van der Waals surface area contributed by atoms with E-state index in [1.54, 1.807) is 4.31 Å². The molecule has 2 N–H and O–H groups in total. The maximum Gasteiger partial charge on any atom is 0.214 e. The third-order valence-electron chi connectivity index (χ3n) is 3.70. The van der Waals surface area contributed by atoms with Gasteiger partial charge in [0.2, 0.25) is 10.0 Å². The van der Waals surface area contributed by atoms with Crippen molar-refractivity contribution < 1.29 is 8.42 Å². The highest BCUT2D eigenvalue weighted by Crippen LogP contribution is 2.11. The summed E-state index contributed by atoms with van der Waals surface area (Å²) in [5, 5.41) is 6.39. The lowest BCUT2D eigenvalue weighted by Crippen LogP contribution is -2.42. The highest BCUT2D eigenvalue weighted by molar-refractivity contribution is 7.89. The zero-order valence-electron chi connectivity index (χ0n) is 13.9. The highest BCUT2D eigenvalue weighted by atomic mass is 32.2. The van der Waals surface area contributed by atoms with Gasteiger partial charge in [0.05, 0.1) is 12.3 Å². The summed E-state index contributed by atoms with van der Waals surface area (Å²) in [5.41, 5.74) is 2.37. The molecular formula is C16H26N4O2S. The molecule has 0 bridgehead atoms. The zero-order chi connectivity index (χ0) is 16.7. The number of nitrogens with zero attached hydrogens (tertiary/aromatic N) is 2. The van der Waals surface area contributed by atoms with E-state index in [0.717, 1.165) is 18.5 Å². The topological polar surface area (TPSA) is 73.8 Å². The monoisotopic (exact) mass is 338 g/mol. The number of sulfonamides is 1. The fraction of sp³-hybridized carbons (Fsp3) is 0.562. The van der Waals surface area contributed by atoms with E-state index in [-0.39, 0.29) is 5.75 Å². The quantitative estimate of drug-likeness (QED) is 0.601. The Morgan fingerprint density at radius 1 is 1.35 bits per heavy atom. The van der Waals surface area contributed by atoms with Gasteiger partial charge in [0.1, 0.15) is 0 Å². The first-order valence-corrected chi connectivity index (χ1v) is 9.68. The van der Waals surface area contributed by atoms with Crippen molar-refractivity contribution >= 4 is 16.0 Å². The Morgan fingerprint density at radius 3 is 2.83 bits per heavy atom. The van der Waals surface area contributed by atoms with Crippen LogP contribution in [0.3, 0.4) is 0 Å². The molecule has 0 radical (unpaired) electrons. The third kappa shape index (κ3) is 5.51. The van der Waals surface area contributed by atoms with Gasteiger partial charge in [-0.2, -0.15) is 0 Å². The van der Waals surface area contributed by atoms with Gasteiger partial charge in [-0.05, 0) is 25.8 Å². The predicted molar refractivity (Wildman–Crippen MR) is 94.0 cm³/mol. The van der Waals surface area contributed by atoms with Crippen molar-refractivity contribution in [2.75, 3.05) is 31.9 Å². The number of aryl methyl sites for hydroxylation is 1. The Morgan fingerprint density at radius 2 is 2.17 bits per heavy atom. The van der Waals surface area contributed by atoms with Crippen molar-refractivity contribution in [3.63, 3.8) is 0 Å². The minimum Gasteiger partial charge on any atom is -0.357 e. The maximum absolute atomic E-state index is 11.8. The molecule has 2 rings (SSSR count). The van der Waals surface area contributed by atoms with Crippen molar-refractivity contribution in [3.8, 4) is 0 Å². The van der Waals surface area contributed by atoms with Gasteiger partial charge in [0.25, 0.3) is 0 Å². The van der Waals surface area contributed by atoms with E-state index in [1.165, 1.54) is 5.56 Å². The molecule has 0 unspecified atom stereocenters. The number of guanidine groups is 1. The highest BCUT2D eigenvalue weighted by Gasteiger charge is 2.27. The van der Waals surface area contributed by atoms with Gasteiger partial charge >= 0.3 is 0 Å². The van der Waals surface area contributed by atoms with E-state index in [0.29, 0.717) is 32.1 Å². The molecule has 1 saturated heterocycles. The van der Waals surface area contributed by atoms with Crippen molar-refractivity contribution in [2.24, 2.45) is 4.99 Å². The standard InChI is InChI=1S/C16H26N4O2S/c1-3-17-16(19-13-15-7-4-6-14(2)12-15)18-8-10-20-9-5-11-23(20,21)22/h4,6-7,12H,3,5,8-11,13H2,1-2H3,(H2,17,18,19). The minimum absolute atomic E-state index is 0.272. The first-order chi connectivity index (χ1) is 11.0. The largest absolute Gasteiger partial charge is 0.357 e. The molecule has 1 aliphatic rings. The summed E-state index contributed by atoms with van der Waals surface area (Å²) in [6, 6.07) is 8.26. The molecule has 1 heterocycles. The molecular weight excluding hydrogens is 312 g/mol. The van der Waals surface area contributed by atoms with E-state index in [2.05, 4.69) is 40.7 Å². The Bertz CT molecular complexity index is 643. The molecule has 6 nitrogen and oxygen atoms in total. The molecule has 1 aliphatic heterocycles. The number of nitrogens with one attached hydrogen (secondary N) is 2. The van der Waals surface area contributed by atoms with E-state index in [4.69, 9.17) is 0 Å². The van der Waals surface area contributed by atoms with Crippen LogP contribution in [0.2, 0.25) is 0 Å². The molecule has 23 heavy (non-hydrogen) atoms. The van der Waals surface area contributed by atoms with Crippen LogP contribution in [-0.4, -0.2) is 50.6 Å². The normalized spacial score (nSPS) is 18.1. The number of hydrogen-bond acceptors (Lipinski definition) is 3. The molecule has 0 atom stereocenters. The zero-order valence-corrected chi connectivity index (χ0v) is 14.7. The Balaban J connectivity index is 1.87. The molecule has 0 amide bonds. The van der Waals surface area contributed by atoms with Gasteiger partial charge in [0, 0.05) is 26.2 Å². The maximum atomic E-state index is 11.8. The van der Waals surface area contributed by atoms with Crippen molar-refractivity contribution in [1.29, 1.82) is 0 Å². The SMILES string of the molecule is CCNC(=NCc1cccc(C)c1)NCCN1CCCS1(=O)=O. The molecule has 128 valence electrons. The van der Waals surface area contributed by atoms with Crippen LogP contribution < -0.4 is 10.6 Å². The van der Waals surface area contributed by atoms with Crippen LogP contribution in [-0.2, 0) is 16.6 Å². The van der Waals surface area contributed by atoms with Crippen LogP contribution in [0.5, 0.6) is 0 Å². The molecule has 0 saturated carbocycles. The number of aliphatic imine (C=N–C) groups is 1. The summed E-state index contributed by atoms with van der Waals surface area (Å²) in [5.74, 6) is 0.986. The summed E-state index contributed by atoms with van der Waals surface area (Å²) in [4.78, 5) is 4.55. The van der Waals surface area contributed by atoms with Crippen molar-refractivity contribution in [1.82, 2.24) is 14.9 Å². The van der Waals surface area contributed by atoms with Gasteiger partial charge in [-0.3, -0.25) is 0 Å². The van der Waals surface area contributed by atoms with Crippen LogP contribution >= 0.6 is 0 Å². The number of hydrogen-bond donors (Lipinski definition) is 2. The summed E-state index contributed by atoms with van der Waals surface area (Å²) in [7, 11) is -3.02. The Hall–Kier alpha value is -1.60. The smallest absolute Gasteiger partial charge is 0.214 e. The first kappa shape index (κ1) is 17.7. The average Bonchev–Trinajstić information content (AvgIpc) is 2.84. The van der Waals surface area contributed by atoms with Crippen molar-refractivity contribution in [3.05, 3.63) is 35.4 Å². The van der Waals surface area contributed by atoms with Gasteiger partial charge < -0.3 is 10.6 Å². The van der Waals surface area contributed by atoms with Gasteiger partial charge in [-0.25, -0.2) is 17.7 Å². The molecule has 1 aromatic rings. The van der Waals surface area contributed by atoms with E-state index in [9.17, 15) is 8.42 Å². The lowest BCUT2D eigenvalue weighted by molar-refractivity contribution is 0.445. The van der Waals surface area contributed by atoms with Crippen LogP contribution in [0.1, 0.15) is 24.5 Å². The predicted octanol–water partition coefficient (Wildman–Crippen LogP) is 1.09. The van der Waals surface area contributed by atoms with Crippen LogP contribution in [0.4, 0.5) is 0 Å². The summed E-state index contributed by atoms with van der Waals surface area (Å²) >= 11 is 0. The first-order valence-electron chi connectivity index (χ1n) is 8.07. The lowest BCUT2D eigenvalue weighted by atomic mass is 10.1. The molecule has 1 fully saturated rings. The van der Waals surface area contributed by atoms with Crippen LogP contribution in [0.25, 0.3) is 0 Å². The van der Waals surface area contributed by atoms with Gasteiger partial charge in [-0.15, -0.1) is 0 Å². The van der Waals surface area contributed by atoms with Crippen molar-refractivity contribution in [2.45, 2.75) is 26.8 Å². The Labute approximate surface area is 139 Å².